The Balaban J connectivity index is 1.94. The molecule has 2 aromatic rings. The first kappa shape index (κ1) is 17.6. The molecule has 0 radical (unpaired) electrons. The van der Waals surface area contributed by atoms with E-state index in [9.17, 15) is 4.79 Å². The van der Waals surface area contributed by atoms with Crippen LogP contribution in [0.1, 0.15) is 55.6 Å². The number of amides is 1. The maximum Gasteiger partial charge on any atom is 0.293 e. The molecule has 1 aliphatic heterocycles. The molecule has 1 fully saturated rings. The summed E-state index contributed by atoms with van der Waals surface area (Å²) in [5.74, 6) is 1.28. The molecule has 0 bridgehead atoms. The first-order valence-electron chi connectivity index (χ1n) is 8.97. The summed E-state index contributed by atoms with van der Waals surface area (Å²) in [7, 11) is 0. The first-order chi connectivity index (χ1) is 11.9. The van der Waals surface area contributed by atoms with Crippen molar-refractivity contribution in [2.24, 2.45) is 0 Å². The van der Waals surface area contributed by atoms with Crippen LogP contribution in [0.2, 0.25) is 0 Å². The lowest BCUT2D eigenvalue weighted by atomic mass is 10.0. The molecule has 2 atom stereocenters. The first-order valence-corrected chi connectivity index (χ1v) is 8.97. The summed E-state index contributed by atoms with van der Waals surface area (Å²) in [6.07, 6.45) is 0. The molecule has 1 saturated heterocycles. The molecule has 1 N–H and O–H groups in total. The zero-order valence-electron chi connectivity index (χ0n) is 15.7. The monoisotopic (exact) mass is 341 g/mol. The number of rotatable bonds is 3. The zero-order chi connectivity index (χ0) is 18.1. The third kappa shape index (κ3) is 3.31. The van der Waals surface area contributed by atoms with Crippen LogP contribution < -0.4 is 5.32 Å². The third-order valence-corrected chi connectivity index (χ3v) is 5.04. The predicted molar refractivity (Wildman–Crippen MR) is 98.1 cm³/mol. The van der Waals surface area contributed by atoms with Gasteiger partial charge in [0.05, 0.1) is 5.69 Å². The van der Waals surface area contributed by atoms with E-state index >= 15 is 0 Å². The predicted octanol–water partition coefficient (Wildman–Crippen LogP) is 2.52. The van der Waals surface area contributed by atoms with Crippen molar-refractivity contribution in [2.45, 2.75) is 52.6 Å². The van der Waals surface area contributed by atoms with Crippen LogP contribution in [-0.2, 0) is 0 Å². The SMILES string of the molecule is Cc1nc(C(=O)N2CCNC(C)C2C)nn1-c1ccccc1C(C)C. The van der Waals surface area contributed by atoms with Gasteiger partial charge in [-0.15, -0.1) is 5.10 Å². The molecule has 3 rings (SSSR count). The van der Waals surface area contributed by atoms with Crippen LogP contribution in [0.3, 0.4) is 0 Å². The molecule has 0 aliphatic carbocycles. The van der Waals surface area contributed by atoms with Crippen molar-refractivity contribution in [1.29, 1.82) is 0 Å². The Morgan fingerprint density at radius 3 is 2.72 bits per heavy atom. The molecule has 25 heavy (non-hydrogen) atoms. The van der Waals surface area contributed by atoms with Crippen LogP contribution in [0, 0.1) is 6.92 Å². The second-order valence-electron chi connectivity index (χ2n) is 7.09. The Kier molecular flexibility index (Phi) is 4.90. The smallest absolute Gasteiger partial charge is 0.293 e. The minimum Gasteiger partial charge on any atom is -0.330 e. The van der Waals surface area contributed by atoms with Gasteiger partial charge in [0.2, 0.25) is 5.82 Å². The van der Waals surface area contributed by atoms with Crippen molar-refractivity contribution >= 4 is 5.91 Å². The van der Waals surface area contributed by atoms with E-state index in [1.54, 1.807) is 4.68 Å². The van der Waals surface area contributed by atoms with Crippen molar-refractivity contribution < 1.29 is 4.79 Å². The minimum atomic E-state index is -0.0928. The van der Waals surface area contributed by atoms with Crippen LogP contribution in [0.4, 0.5) is 0 Å². The Labute approximate surface area is 149 Å². The van der Waals surface area contributed by atoms with Gasteiger partial charge in [-0.25, -0.2) is 9.67 Å². The molecule has 1 aromatic carbocycles. The number of aryl methyl sites for hydroxylation is 1. The highest BCUT2D eigenvalue weighted by molar-refractivity contribution is 5.90. The molecule has 6 nitrogen and oxygen atoms in total. The standard InChI is InChI=1S/C19H27N5O/c1-12(2)16-8-6-7-9-17(16)24-15(5)21-18(22-24)19(25)23-11-10-20-13(3)14(23)4/h6-9,12-14,20H,10-11H2,1-5H3. The van der Waals surface area contributed by atoms with Crippen molar-refractivity contribution in [2.75, 3.05) is 13.1 Å². The number of nitrogens with zero attached hydrogens (tertiary/aromatic N) is 4. The second-order valence-corrected chi connectivity index (χ2v) is 7.09. The van der Waals surface area contributed by atoms with Gasteiger partial charge in [-0.1, -0.05) is 32.0 Å². The lowest BCUT2D eigenvalue weighted by Crippen LogP contribution is -2.57. The van der Waals surface area contributed by atoms with Crippen molar-refractivity contribution in [1.82, 2.24) is 25.0 Å². The van der Waals surface area contributed by atoms with Gasteiger partial charge in [-0.3, -0.25) is 4.79 Å². The van der Waals surface area contributed by atoms with Gasteiger partial charge in [0, 0.05) is 25.2 Å². The Morgan fingerprint density at radius 1 is 1.28 bits per heavy atom. The molecule has 1 amide bonds. The number of para-hydroxylation sites is 1. The maximum absolute atomic E-state index is 12.9. The van der Waals surface area contributed by atoms with Crippen LogP contribution in [0.25, 0.3) is 5.69 Å². The normalized spacial score (nSPS) is 21.0. The molecule has 2 heterocycles. The largest absolute Gasteiger partial charge is 0.330 e. The molecule has 0 spiro atoms. The molecule has 134 valence electrons. The van der Waals surface area contributed by atoms with Crippen LogP contribution in [-0.4, -0.2) is 50.7 Å². The van der Waals surface area contributed by atoms with Gasteiger partial charge in [0.25, 0.3) is 5.91 Å². The molecular weight excluding hydrogens is 314 g/mol. The number of hydrogen-bond donors (Lipinski definition) is 1. The maximum atomic E-state index is 12.9. The summed E-state index contributed by atoms with van der Waals surface area (Å²) in [6, 6.07) is 8.54. The van der Waals surface area contributed by atoms with Crippen molar-refractivity contribution in [3.63, 3.8) is 0 Å². The van der Waals surface area contributed by atoms with E-state index < -0.39 is 0 Å². The molecule has 2 unspecified atom stereocenters. The Hall–Kier alpha value is -2.21. The highest BCUT2D eigenvalue weighted by Crippen LogP contribution is 2.23. The summed E-state index contributed by atoms with van der Waals surface area (Å²) in [5.41, 5.74) is 2.18. The second kappa shape index (κ2) is 6.96. The van der Waals surface area contributed by atoms with E-state index in [2.05, 4.69) is 49.2 Å². The van der Waals surface area contributed by atoms with Gasteiger partial charge < -0.3 is 10.2 Å². The topological polar surface area (TPSA) is 63.1 Å². The number of benzene rings is 1. The van der Waals surface area contributed by atoms with Gasteiger partial charge >= 0.3 is 0 Å². The number of nitrogens with one attached hydrogen (secondary N) is 1. The highest BCUT2D eigenvalue weighted by atomic mass is 16.2. The quantitative estimate of drug-likeness (QED) is 0.932. The van der Waals surface area contributed by atoms with E-state index in [1.165, 1.54) is 5.56 Å². The average molecular weight is 341 g/mol. The fourth-order valence-electron chi connectivity index (χ4n) is 3.35. The summed E-state index contributed by atoms with van der Waals surface area (Å²) in [4.78, 5) is 19.3. The van der Waals surface area contributed by atoms with Gasteiger partial charge in [-0.05, 0) is 38.3 Å². The van der Waals surface area contributed by atoms with E-state index in [1.807, 2.05) is 30.0 Å². The summed E-state index contributed by atoms with van der Waals surface area (Å²) in [6.45, 7) is 11.8. The van der Waals surface area contributed by atoms with Crippen LogP contribution in [0.15, 0.2) is 24.3 Å². The zero-order valence-corrected chi connectivity index (χ0v) is 15.7. The number of hydrogen-bond acceptors (Lipinski definition) is 4. The van der Waals surface area contributed by atoms with E-state index in [0.717, 1.165) is 18.1 Å². The number of carbonyl (C=O) groups is 1. The number of aromatic nitrogens is 3. The number of carbonyl (C=O) groups excluding carboxylic acids is 1. The molecular formula is C19H27N5O. The lowest BCUT2D eigenvalue weighted by Gasteiger charge is -2.37. The fraction of sp³-hybridized carbons (Fsp3) is 0.526. The molecule has 0 saturated carbocycles. The number of piperazine rings is 1. The highest BCUT2D eigenvalue weighted by Gasteiger charge is 2.31. The van der Waals surface area contributed by atoms with E-state index in [0.29, 0.717) is 12.5 Å². The van der Waals surface area contributed by atoms with E-state index in [4.69, 9.17) is 0 Å². The van der Waals surface area contributed by atoms with Gasteiger partial charge in [-0.2, -0.15) is 0 Å². The van der Waals surface area contributed by atoms with Crippen LogP contribution >= 0.6 is 0 Å². The lowest BCUT2D eigenvalue weighted by molar-refractivity contribution is 0.0590. The summed E-state index contributed by atoms with van der Waals surface area (Å²) in [5, 5.41) is 7.94. The van der Waals surface area contributed by atoms with E-state index in [-0.39, 0.29) is 23.8 Å². The summed E-state index contributed by atoms with van der Waals surface area (Å²) >= 11 is 0. The molecule has 1 aliphatic rings. The van der Waals surface area contributed by atoms with Crippen molar-refractivity contribution in [3.8, 4) is 5.69 Å². The minimum absolute atomic E-state index is 0.0928. The Morgan fingerprint density at radius 2 is 2.00 bits per heavy atom. The average Bonchev–Trinajstić information content (AvgIpc) is 2.98. The fourth-order valence-corrected chi connectivity index (χ4v) is 3.35. The summed E-state index contributed by atoms with van der Waals surface area (Å²) < 4.78 is 1.79. The Bertz CT molecular complexity index is 767. The third-order valence-electron chi connectivity index (χ3n) is 5.04. The van der Waals surface area contributed by atoms with Crippen molar-refractivity contribution in [3.05, 3.63) is 41.5 Å². The van der Waals surface area contributed by atoms with Gasteiger partial charge in [0.1, 0.15) is 5.82 Å². The van der Waals surface area contributed by atoms with Crippen LogP contribution in [0.5, 0.6) is 0 Å². The van der Waals surface area contributed by atoms with Gasteiger partial charge in [0.15, 0.2) is 0 Å². The molecule has 6 heteroatoms. The molecule has 1 aromatic heterocycles.